The van der Waals surface area contributed by atoms with Gasteiger partial charge in [-0.15, -0.1) is 0 Å². The third-order valence-corrected chi connectivity index (χ3v) is 3.29. The number of nitriles is 1. The minimum absolute atomic E-state index is 0.289. The summed E-state index contributed by atoms with van der Waals surface area (Å²) in [5.74, 6) is 0.974. The molecule has 0 bridgehead atoms. The van der Waals surface area contributed by atoms with Crippen LogP contribution < -0.4 is 5.32 Å². The Kier molecular flexibility index (Phi) is 5.54. The van der Waals surface area contributed by atoms with E-state index < -0.39 is 5.54 Å². The maximum atomic E-state index is 9.58. The molecule has 2 nitrogen and oxygen atoms in total. The van der Waals surface area contributed by atoms with Gasteiger partial charge in [0, 0.05) is 6.04 Å². The predicted molar refractivity (Wildman–Crippen MR) is 75.0 cm³/mol. The number of thioether (sulfide) groups is 1. The van der Waals surface area contributed by atoms with Gasteiger partial charge in [-0.25, -0.2) is 0 Å². The van der Waals surface area contributed by atoms with Gasteiger partial charge in [0.25, 0.3) is 0 Å². The standard InChI is InChI=1S/C14H20N2S/c1-12(2)16-14(11-15,9-10-17-3)13-7-5-4-6-8-13/h4-8,12,16H,9-10H2,1-3H3. The van der Waals surface area contributed by atoms with Gasteiger partial charge in [-0.3, -0.25) is 5.32 Å². The van der Waals surface area contributed by atoms with Crippen molar-refractivity contribution in [2.45, 2.75) is 31.8 Å². The van der Waals surface area contributed by atoms with Crippen LogP contribution in [0.15, 0.2) is 30.3 Å². The first-order valence-corrected chi connectivity index (χ1v) is 7.27. The maximum Gasteiger partial charge on any atom is 0.133 e. The van der Waals surface area contributed by atoms with E-state index in [1.54, 1.807) is 11.8 Å². The van der Waals surface area contributed by atoms with Gasteiger partial charge in [0.1, 0.15) is 5.54 Å². The van der Waals surface area contributed by atoms with E-state index in [9.17, 15) is 5.26 Å². The van der Waals surface area contributed by atoms with E-state index >= 15 is 0 Å². The molecule has 3 heteroatoms. The molecule has 92 valence electrons. The molecule has 1 atom stereocenters. The van der Waals surface area contributed by atoms with Crippen molar-refractivity contribution >= 4 is 11.8 Å². The van der Waals surface area contributed by atoms with E-state index in [1.807, 2.05) is 30.3 Å². The number of rotatable bonds is 6. The molecule has 0 fully saturated rings. The van der Waals surface area contributed by atoms with E-state index in [2.05, 4.69) is 31.5 Å². The molecule has 1 N–H and O–H groups in total. The number of nitrogens with zero attached hydrogens (tertiary/aromatic N) is 1. The number of hydrogen-bond acceptors (Lipinski definition) is 3. The molecule has 0 heterocycles. The molecule has 0 aliphatic heterocycles. The minimum atomic E-state index is -0.557. The molecule has 0 aliphatic carbocycles. The maximum absolute atomic E-state index is 9.58. The quantitative estimate of drug-likeness (QED) is 0.840. The Morgan fingerprint density at radius 2 is 2.00 bits per heavy atom. The van der Waals surface area contributed by atoms with Crippen molar-refractivity contribution in [3.8, 4) is 6.07 Å². The summed E-state index contributed by atoms with van der Waals surface area (Å²) in [4.78, 5) is 0. The van der Waals surface area contributed by atoms with Crippen LogP contribution in [0.2, 0.25) is 0 Å². The summed E-state index contributed by atoms with van der Waals surface area (Å²) >= 11 is 1.77. The summed E-state index contributed by atoms with van der Waals surface area (Å²) < 4.78 is 0. The fourth-order valence-electron chi connectivity index (χ4n) is 1.92. The molecule has 0 aliphatic rings. The molecule has 0 saturated carbocycles. The van der Waals surface area contributed by atoms with E-state index in [0.717, 1.165) is 17.7 Å². The zero-order valence-corrected chi connectivity index (χ0v) is 11.6. The van der Waals surface area contributed by atoms with Crippen molar-refractivity contribution in [2.75, 3.05) is 12.0 Å². The van der Waals surface area contributed by atoms with Crippen LogP contribution in [-0.2, 0) is 5.54 Å². The van der Waals surface area contributed by atoms with Crippen molar-refractivity contribution < 1.29 is 0 Å². The van der Waals surface area contributed by atoms with Crippen molar-refractivity contribution in [1.82, 2.24) is 5.32 Å². The van der Waals surface area contributed by atoms with Crippen molar-refractivity contribution in [3.05, 3.63) is 35.9 Å². The van der Waals surface area contributed by atoms with Gasteiger partial charge in [0.2, 0.25) is 0 Å². The number of nitrogens with one attached hydrogen (secondary N) is 1. The molecule has 0 radical (unpaired) electrons. The molecule has 1 aromatic carbocycles. The average molecular weight is 248 g/mol. The lowest BCUT2D eigenvalue weighted by molar-refractivity contribution is 0.378. The van der Waals surface area contributed by atoms with Gasteiger partial charge < -0.3 is 0 Å². The molecule has 0 spiro atoms. The highest BCUT2D eigenvalue weighted by atomic mass is 32.2. The second kappa shape index (κ2) is 6.68. The first-order valence-electron chi connectivity index (χ1n) is 5.88. The molecule has 1 aromatic rings. The fourth-order valence-corrected chi connectivity index (χ4v) is 2.43. The summed E-state index contributed by atoms with van der Waals surface area (Å²) in [6.07, 6.45) is 2.90. The Bertz CT molecular complexity index is 370. The van der Waals surface area contributed by atoms with Crippen LogP contribution in [0.1, 0.15) is 25.8 Å². The zero-order valence-electron chi connectivity index (χ0n) is 10.7. The lowest BCUT2D eigenvalue weighted by Gasteiger charge is -2.30. The van der Waals surface area contributed by atoms with Crippen LogP contribution >= 0.6 is 11.8 Å². The smallest absolute Gasteiger partial charge is 0.133 e. The van der Waals surface area contributed by atoms with E-state index in [4.69, 9.17) is 0 Å². The summed E-state index contributed by atoms with van der Waals surface area (Å²) in [7, 11) is 0. The molecule has 17 heavy (non-hydrogen) atoms. The van der Waals surface area contributed by atoms with Gasteiger partial charge in [-0.2, -0.15) is 17.0 Å². The van der Waals surface area contributed by atoms with Crippen LogP contribution in [0.5, 0.6) is 0 Å². The summed E-state index contributed by atoms with van der Waals surface area (Å²) in [5.41, 5.74) is 0.503. The molecule has 0 amide bonds. The lowest BCUT2D eigenvalue weighted by atomic mass is 9.88. The normalized spacial score (nSPS) is 14.3. The van der Waals surface area contributed by atoms with E-state index in [-0.39, 0.29) is 6.04 Å². The van der Waals surface area contributed by atoms with Crippen molar-refractivity contribution in [3.63, 3.8) is 0 Å². The Morgan fingerprint density at radius 3 is 2.47 bits per heavy atom. The number of benzene rings is 1. The van der Waals surface area contributed by atoms with Gasteiger partial charge in [0.15, 0.2) is 0 Å². The van der Waals surface area contributed by atoms with Gasteiger partial charge >= 0.3 is 0 Å². The highest BCUT2D eigenvalue weighted by molar-refractivity contribution is 7.98. The molecular formula is C14H20N2S. The predicted octanol–water partition coefficient (Wildman–Crippen LogP) is 3.16. The molecular weight excluding hydrogens is 228 g/mol. The van der Waals surface area contributed by atoms with Gasteiger partial charge in [-0.05, 0) is 37.8 Å². The van der Waals surface area contributed by atoms with Gasteiger partial charge in [-0.1, -0.05) is 30.3 Å². The molecule has 0 aromatic heterocycles. The van der Waals surface area contributed by atoms with Crippen LogP contribution in [0.25, 0.3) is 0 Å². The zero-order chi connectivity index (χ0) is 12.7. The lowest BCUT2D eigenvalue weighted by Crippen LogP contribution is -2.45. The first-order chi connectivity index (χ1) is 8.14. The second-order valence-corrected chi connectivity index (χ2v) is 5.41. The van der Waals surface area contributed by atoms with Crippen LogP contribution in [-0.4, -0.2) is 18.1 Å². The van der Waals surface area contributed by atoms with Crippen molar-refractivity contribution in [2.24, 2.45) is 0 Å². The molecule has 1 unspecified atom stereocenters. The summed E-state index contributed by atoms with van der Waals surface area (Å²) in [6.45, 7) is 4.15. The Labute approximate surface area is 108 Å². The SMILES string of the molecule is CSCCC(C#N)(NC(C)C)c1ccccc1. The van der Waals surface area contributed by atoms with Crippen LogP contribution in [0.4, 0.5) is 0 Å². The van der Waals surface area contributed by atoms with Crippen LogP contribution in [0.3, 0.4) is 0 Å². The largest absolute Gasteiger partial charge is 0.293 e. The Morgan fingerprint density at radius 1 is 1.35 bits per heavy atom. The second-order valence-electron chi connectivity index (χ2n) is 4.42. The number of hydrogen-bond donors (Lipinski definition) is 1. The molecule has 1 rings (SSSR count). The highest BCUT2D eigenvalue weighted by Gasteiger charge is 2.31. The topological polar surface area (TPSA) is 35.8 Å². The third kappa shape index (κ3) is 3.76. The summed E-state index contributed by atoms with van der Waals surface area (Å²) in [6, 6.07) is 12.8. The Balaban J connectivity index is 3.03. The monoisotopic (exact) mass is 248 g/mol. The summed E-state index contributed by atoms with van der Waals surface area (Å²) in [5, 5.41) is 13.0. The van der Waals surface area contributed by atoms with Crippen molar-refractivity contribution in [1.29, 1.82) is 5.26 Å². The third-order valence-electron chi connectivity index (χ3n) is 2.67. The van der Waals surface area contributed by atoms with Gasteiger partial charge in [0.05, 0.1) is 6.07 Å². The van der Waals surface area contributed by atoms with E-state index in [1.165, 1.54) is 0 Å². The molecule has 0 saturated heterocycles. The minimum Gasteiger partial charge on any atom is -0.293 e. The highest BCUT2D eigenvalue weighted by Crippen LogP contribution is 2.26. The Hall–Kier alpha value is -0.980. The van der Waals surface area contributed by atoms with Crippen LogP contribution in [0, 0.1) is 11.3 Å². The average Bonchev–Trinajstić information content (AvgIpc) is 2.35. The fraction of sp³-hybridized carbons (Fsp3) is 0.500. The van der Waals surface area contributed by atoms with E-state index in [0.29, 0.717) is 0 Å². The first kappa shape index (κ1) is 14.1.